The number of nitrogens with one attached hydrogen (secondary N) is 2. The van der Waals surface area contributed by atoms with Crippen LogP contribution in [0.1, 0.15) is 21.5 Å². The molecular weight excluding hydrogens is 434 g/mol. The molecule has 0 unspecified atom stereocenters. The number of carboxylic acid groups (broad SMARTS) is 2. The second kappa shape index (κ2) is 10.2. The van der Waals surface area contributed by atoms with Crippen molar-refractivity contribution in [1.82, 2.24) is 10.2 Å². The Bertz CT molecular complexity index is 1010. The summed E-state index contributed by atoms with van der Waals surface area (Å²) >= 11 is 1.29. The van der Waals surface area contributed by atoms with Crippen molar-refractivity contribution in [1.29, 1.82) is 0 Å². The molecule has 9 nitrogen and oxygen atoms in total. The molecule has 0 aromatic heterocycles. The van der Waals surface area contributed by atoms with Crippen LogP contribution in [0.2, 0.25) is 0 Å². The van der Waals surface area contributed by atoms with E-state index in [0.29, 0.717) is 16.8 Å². The number of amides is 3. The molecule has 4 N–H and O–H groups in total. The molecule has 0 bridgehead atoms. The van der Waals surface area contributed by atoms with Crippen LogP contribution >= 0.6 is 11.8 Å². The topological polar surface area (TPSA) is 136 Å². The van der Waals surface area contributed by atoms with Crippen molar-refractivity contribution in [3.8, 4) is 0 Å². The smallest absolute Gasteiger partial charge is 0.408 e. The zero-order chi connectivity index (χ0) is 23.3. The van der Waals surface area contributed by atoms with Crippen LogP contribution in [0.25, 0.3) is 0 Å². The fourth-order valence-corrected chi connectivity index (χ4v) is 4.33. The molecular formula is C22H23N3O6S. The molecule has 0 aliphatic carbocycles. The Morgan fingerprint density at radius 2 is 1.72 bits per heavy atom. The van der Waals surface area contributed by atoms with Gasteiger partial charge in [0.05, 0.1) is 5.88 Å². The zero-order valence-electron chi connectivity index (χ0n) is 17.3. The number of carbonyl (C=O) groups excluding carboxylic acids is 2. The summed E-state index contributed by atoms with van der Waals surface area (Å²) in [5, 5.41) is 23.9. The van der Waals surface area contributed by atoms with Crippen LogP contribution in [-0.4, -0.2) is 62.7 Å². The van der Waals surface area contributed by atoms with E-state index < -0.39 is 30.1 Å². The number of carbonyl (C=O) groups is 4. The first kappa shape index (κ1) is 23.1. The molecule has 1 heterocycles. The average molecular weight is 458 g/mol. The van der Waals surface area contributed by atoms with Gasteiger partial charge in [0.25, 0.3) is 5.91 Å². The zero-order valence-corrected chi connectivity index (χ0v) is 18.1. The molecule has 1 aliphatic rings. The SMILES string of the molecule is Cc1ccc(C(=O)Nc2ccc(C[C@H](NC(=O)[C@H]3CSCN3C(=O)O)C(=O)O)cc2)cc1. The van der Waals surface area contributed by atoms with Gasteiger partial charge in [0.2, 0.25) is 5.91 Å². The summed E-state index contributed by atoms with van der Waals surface area (Å²) in [5.41, 5.74) is 2.76. The summed E-state index contributed by atoms with van der Waals surface area (Å²) in [7, 11) is 0. The van der Waals surface area contributed by atoms with Gasteiger partial charge in [0.15, 0.2) is 0 Å². The van der Waals surface area contributed by atoms with E-state index in [4.69, 9.17) is 0 Å². The molecule has 0 saturated carbocycles. The molecule has 32 heavy (non-hydrogen) atoms. The molecule has 0 radical (unpaired) electrons. The highest BCUT2D eigenvalue weighted by Gasteiger charge is 2.36. The van der Waals surface area contributed by atoms with E-state index in [0.717, 1.165) is 10.5 Å². The number of benzene rings is 2. The molecule has 10 heteroatoms. The number of anilines is 1. The second-order valence-electron chi connectivity index (χ2n) is 7.39. The number of nitrogens with zero attached hydrogens (tertiary/aromatic N) is 1. The third kappa shape index (κ3) is 5.79. The number of rotatable bonds is 7. The maximum atomic E-state index is 12.5. The van der Waals surface area contributed by atoms with Crippen molar-refractivity contribution in [2.75, 3.05) is 16.9 Å². The van der Waals surface area contributed by atoms with Crippen LogP contribution in [0.4, 0.5) is 10.5 Å². The molecule has 1 aliphatic heterocycles. The van der Waals surface area contributed by atoms with Crippen LogP contribution in [0.15, 0.2) is 48.5 Å². The lowest BCUT2D eigenvalue weighted by Crippen LogP contribution is -2.52. The minimum absolute atomic E-state index is 0.0141. The summed E-state index contributed by atoms with van der Waals surface area (Å²) in [6.45, 7) is 1.93. The van der Waals surface area contributed by atoms with Crippen molar-refractivity contribution in [3.05, 3.63) is 65.2 Å². The number of aryl methyl sites for hydroxylation is 1. The molecule has 3 rings (SSSR count). The molecule has 168 valence electrons. The Labute approximate surface area is 188 Å². The number of thioether (sulfide) groups is 1. The molecule has 0 spiro atoms. The van der Waals surface area contributed by atoms with E-state index in [1.165, 1.54) is 11.8 Å². The normalized spacial score (nSPS) is 16.3. The summed E-state index contributed by atoms with van der Waals surface area (Å²) in [4.78, 5) is 48.6. The van der Waals surface area contributed by atoms with Crippen molar-refractivity contribution >= 4 is 41.3 Å². The first-order chi connectivity index (χ1) is 15.2. The van der Waals surface area contributed by atoms with Crippen molar-refractivity contribution in [3.63, 3.8) is 0 Å². The van der Waals surface area contributed by atoms with E-state index in [-0.39, 0.29) is 24.0 Å². The van der Waals surface area contributed by atoms with Crippen LogP contribution in [0.5, 0.6) is 0 Å². The second-order valence-corrected chi connectivity index (χ2v) is 8.39. The monoisotopic (exact) mass is 457 g/mol. The Balaban J connectivity index is 1.61. The summed E-state index contributed by atoms with van der Waals surface area (Å²) < 4.78 is 0. The van der Waals surface area contributed by atoms with E-state index in [2.05, 4.69) is 10.6 Å². The van der Waals surface area contributed by atoms with Gasteiger partial charge in [-0.2, -0.15) is 0 Å². The van der Waals surface area contributed by atoms with E-state index in [1.807, 2.05) is 19.1 Å². The Morgan fingerprint density at radius 1 is 1.06 bits per heavy atom. The third-order valence-electron chi connectivity index (χ3n) is 5.01. The predicted octanol–water partition coefficient (Wildman–Crippen LogP) is 2.41. The number of hydrogen-bond donors (Lipinski definition) is 4. The third-order valence-corrected chi connectivity index (χ3v) is 6.02. The van der Waals surface area contributed by atoms with E-state index in [9.17, 15) is 29.4 Å². The lowest BCUT2D eigenvalue weighted by atomic mass is 10.0. The molecule has 1 saturated heterocycles. The molecule has 2 aromatic rings. The van der Waals surface area contributed by atoms with Gasteiger partial charge < -0.3 is 20.8 Å². The van der Waals surface area contributed by atoms with Gasteiger partial charge in [-0.3, -0.25) is 14.5 Å². The maximum absolute atomic E-state index is 12.5. The molecule has 2 aromatic carbocycles. The van der Waals surface area contributed by atoms with Crippen LogP contribution < -0.4 is 10.6 Å². The van der Waals surface area contributed by atoms with Gasteiger partial charge in [-0.05, 0) is 36.8 Å². The van der Waals surface area contributed by atoms with Crippen LogP contribution in [-0.2, 0) is 16.0 Å². The first-order valence-corrected chi connectivity index (χ1v) is 11.0. The van der Waals surface area contributed by atoms with Crippen molar-refractivity contribution in [2.24, 2.45) is 0 Å². The van der Waals surface area contributed by atoms with Gasteiger partial charge in [0.1, 0.15) is 12.1 Å². The van der Waals surface area contributed by atoms with E-state index in [1.54, 1.807) is 36.4 Å². The highest BCUT2D eigenvalue weighted by molar-refractivity contribution is 7.99. The minimum atomic E-state index is -1.22. The van der Waals surface area contributed by atoms with Crippen molar-refractivity contribution < 1.29 is 29.4 Å². The maximum Gasteiger partial charge on any atom is 0.408 e. The van der Waals surface area contributed by atoms with Crippen LogP contribution in [0, 0.1) is 6.92 Å². The van der Waals surface area contributed by atoms with Crippen LogP contribution in [0.3, 0.4) is 0 Å². The standard InChI is InChI=1S/C22H23N3O6S/c1-13-2-6-15(7-3-13)19(26)23-16-8-4-14(5-9-16)10-17(21(28)29)24-20(27)18-11-32-12-25(18)22(30)31/h2-9,17-18H,10-12H2,1H3,(H,23,26)(H,24,27)(H,28,29)(H,30,31)/t17-,18+/m0/s1. The molecule has 3 amide bonds. The number of carboxylic acids is 1. The number of hydrogen-bond acceptors (Lipinski definition) is 5. The summed E-state index contributed by atoms with van der Waals surface area (Å²) in [5.74, 6) is -1.67. The molecule has 1 fully saturated rings. The quantitative estimate of drug-likeness (QED) is 0.501. The minimum Gasteiger partial charge on any atom is -0.480 e. The van der Waals surface area contributed by atoms with Gasteiger partial charge in [-0.1, -0.05) is 29.8 Å². The largest absolute Gasteiger partial charge is 0.480 e. The highest BCUT2D eigenvalue weighted by atomic mass is 32.2. The fourth-order valence-electron chi connectivity index (χ4n) is 3.18. The lowest BCUT2D eigenvalue weighted by molar-refractivity contribution is -0.142. The summed E-state index contributed by atoms with van der Waals surface area (Å²) in [6.07, 6.45) is -1.20. The van der Waals surface area contributed by atoms with Gasteiger partial charge in [0, 0.05) is 23.4 Å². The van der Waals surface area contributed by atoms with Gasteiger partial charge >= 0.3 is 12.1 Å². The van der Waals surface area contributed by atoms with Gasteiger partial charge in [-0.15, -0.1) is 11.8 Å². The average Bonchev–Trinajstić information content (AvgIpc) is 3.25. The Hall–Kier alpha value is -3.53. The Kier molecular flexibility index (Phi) is 7.37. The molecule has 2 atom stereocenters. The number of aliphatic carboxylic acids is 1. The lowest BCUT2D eigenvalue weighted by Gasteiger charge is -2.22. The summed E-state index contributed by atoms with van der Waals surface area (Å²) in [6, 6.07) is 11.7. The highest BCUT2D eigenvalue weighted by Crippen LogP contribution is 2.21. The predicted molar refractivity (Wildman–Crippen MR) is 120 cm³/mol. The van der Waals surface area contributed by atoms with E-state index >= 15 is 0 Å². The first-order valence-electron chi connectivity index (χ1n) is 9.82. The van der Waals surface area contributed by atoms with Crippen molar-refractivity contribution in [2.45, 2.75) is 25.4 Å². The Morgan fingerprint density at radius 3 is 2.31 bits per heavy atom. The fraction of sp³-hybridized carbons (Fsp3) is 0.273. The van der Waals surface area contributed by atoms with Gasteiger partial charge in [-0.25, -0.2) is 9.59 Å².